The smallest absolute Gasteiger partial charge is 0.478 e. The lowest BCUT2D eigenvalue weighted by molar-refractivity contribution is -0.274. The molecule has 0 bridgehead atoms. The van der Waals surface area contributed by atoms with Gasteiger partial charge in [0.2, 0.25) is 0 Å². The summed E-state index contributed by atoms with van der Waals surface area (Å²) in [5.74, 6) is -1.13. The molecule has 0 radical (unpaired) electrons. The van der Waals surface area contributed by atoms with E-state index in [-0.39, 0.29) is 41.1 Å². The molecular weight excluding hydrogens is 628 g/mol. The minimum Gasteiger partial charge on any atom is -0.478 e. The van der Waals surface area contributed by atoms with Gasteiger partial charge in [0.1, 0.15) is 17.2 Å². The Morgan fingerprint density at radius 3 is 2.42 bits per heavy atom. The maximum Gasteiger partial charge on any atom is 0.573 e. The SMILES string of the molecule is O=C(O)c1ccc(-c2csc(N3CCC(OCc4c(-c5ccccc5OC(F)(F)F)noc4C4CC4)CC3)n2)c(C(F)(F)F)c1. The van der Waals surface area contributed by atoms with Gasteiger partial charge < -0.3 is 24.0 Å². The van der Waals surface area contributed by atoms with Crippen LogP contribution >= 0.6 is 11.3 Å². The summed E-state index contributed by atoms with van der Waals surface area (Å²) < 4.78 is 96.4. The van der Waals surface area contributed by atoms with E-state index in [0.29, 0.717) is 48.5 Å². The summed E-state index contributed by atoms with van der Waals surface area (Å²) >= 11 is 1.19. The van der Waals surface area contributed by atoms with Crippen molar-refractivity contribution in [1.29, 1.82) is 0 Å². The second-order valence-electron chi connectivity index (χ2n) is 10.8. The number of para-hydroxylation sites is 1. The summed E-state index contributed by atoms with van der Waals surface area (Å²) in [5.41, 5.74) is -0.685. The van der Waals surface area contributed by atoms with Crippen molar-refractivity contribution < 1.29 is 50.2 Å². The topological polar surface area (TPSA) is 97.9 Å². The predicted octanol–water partition coefficient (Wildman–Crippen LogP) is 8.14. The Kier molecular flexibility index (Phi) is 8.24. The number of nitrogens with zero attached hydrogens (tertiary/aromatic N) is 3. The molecule has 8 nitrogen and oxygen atoms in total. The number of hydrogen-bond donors (Lipinski definition) is 1. The fraction of sp³-hybridized carbons (Fsp3) is 0.367. The molecule has 1 N–H and O–H groups in total. The number of hydrogen-bond acceptors (Lipinski definition) is 8. The highest BCUT2D eigenvalue weighted by atomic mass is 32.1. The van der Waals surface area contributed by atoms with E-state index in [4.69, 9.17) is 14.4 Å². The first kappa shape index (κ1) is 30.9. The van der Waals surface area contributed by atoms with E-state index in [1.54, 1.807) is 6.07 Å². The number of carbonyl (C=O) groups is 1. The molecule has 1 aliphatic heterocycles. The molecule has 0 atom stereocenters. The van der Waals surface area contributed by atoms with E-state index in [0.717, 1.165) is 25.0 Å². The molecule has 0 unspecified atom stereocenters. The Morgan fingerprint density at radius 1 is 1.02 bits per heavy atom. The number of aromatic carboxylic acids is 1. The lowest BCUT2D eigenvalue weighted by Gasteiger charge is -2.31. The Hall–Kier alpha value is -4.11. The minimum absolute atomic E-state index is 0.0731. The zero-order valence-electron chi connectivity index (χ0n) is 23.3. The zero-order chi connectivity index (χ0) is 31.9. The Bertz CT molecular complexity index is 1690. The van der Waals surface area contributed by atoms with Crippen LogP contribution in [-0.4, -0.2) is 46.8 Å². The molecule has 0 spiro atoms. The van der Waals surface area contributed by atoms with Crippen molar-refractivity contribution in [3.8, 4) is 28.3 Å². The van der Waals surface area contributed by atoms with Crippen LogP contribution in [0.3, 0.4) is 0 Å². The van der Waals surface area contributed by atoms with E-state index >= 15 is 0 Å². The van der Waals surface area contributed by atoms with E-state index in [2.05, 4.69) is 14.9 Å². The van der Waals surface area contributed by atoms with Crippen LogP contribution in [0.1, 0.15) is 58.8 Å². The van der Waals surface area contributed by atoms with Gasteiger partial charge in [0.25, 0.3) is 0 Å². The number of halogens is 6. The zero-order valence-corrected chi connectivity index (χ0v) is 24.1. The number of ether oxygens (including phenoxy) is 2. The number of thiazole rings is 1. The number of alkyl halides is 6. The molecule has 238 valence electrons. The van der Waals surface area contributed by atoms with Crippen molar-refractivity contribution in [2.45, 2.75) is 56.9 Å². The monoisotopic (exact) mass is 653 g/mol. The number of aromatic nitrogens is 2. The second-order valence-corrected chi connectivity index (χ2v) is 11.6. The lowest BCUT2D eigenvalue weighted by Crippen LogP contribution is -2.37. The highest BCUT2D eigenvalue weighted by Crippen LogP contribution is 2.46. The molecule has 1 saturated heterocycles. The third-order valence-corrected chi connectivity index (χ3v) is 8.55. The summed E-state index contributed by atoms with van der Waals surface area (Å²) in [6.45, 7) is 1.09. The van der Waals surface area contributed by atoms with Gasteiger partial charge >= 0.3 is 18.5 Å². The Labute approximate surface area is 256 Å². The van der Waals surface area contributed by atoms with Crippen LogP contribution in [0.4, 0.5) is 31.5 Å². The number of piperidine rings is 1. The van der Waals surface area contributed by atoms with Gasteiger partial charge in [0, 0.05) is 41.1 Å². The van der Waals surface area contributed by atoms with Gasteiger partial charge in [-0.05, 0) is 49.9 Å². The maximum atomic E-state index is 13.7. The number of anilines is 1. The lowest BCUT2D eigenvalue weighted by atomic mass is 10.0. The van der Waals surface area contributed by atoms with Crippen LogP contribution in [0.15, 0.2) is 52.4 Å². The Balaban J connectivity index is 1.13. The molecule has 0 amide bonds. The van der Waals surface area contributed by atoms with Crippen LogP contribution in [0, 0.1) is 0 Å². The van der Waals surface area contributed by atoms with Gasteiger partial charge in [-0.25, -0.2) is 9.78 Å². The molecule has 2 aromatic heterocycles. The van der Waals surface area contributed by atoms with Gasteiger partial charge in [-0.3, -0.25) is 0 Å². The molecule has 3 heterocycles. The van der Waals surface area contributed by atoms with Gasteiger partial charge in [-0.1, -0.05) is 23.4 Å². The molecule has 2 aliphatic rings. The fourth-order valence-corrected chi connectivity index (χ4v) is 6.18. The fourth-order valence-electron chi connectivity index (χ4n) is 5.30. The average Bonchev–Trinajstić information content (AvgIpc) is 3.55. The van der Waals surface area contributed by atoms with Crippen LogP contribution in [0.25, 0.3) is 22.5 Å². The largest absolute Gasteiger partial charge is 0.573 e. The van der Waals surface area contributed by atoms with E-state index in [1.165, 1.54) is 34.9 Å². The predicted molar refractivity (Wildman–Crippen MR) is 150 cm³/mol. The van der Waals surface area contributed by atoms with Crippen LogP contribution in [-0.2, 0) is 17.5 Å². The summed E-state index contributed by atoms with van der Waals surface area (Å²) in [5, 5.41) is 15.3. The van der Waals surface area contributed by atoms with Crippen molar-refractivity contribution in [2.24, 2.45) is 0 Å². The van der Waals surface area contributed by atoms with Gasteiger partial charge in [-0.2, -0.15) is 13.2 Å². The van der Waals surface area contributed by atoms with Gasteiger partial charge in [-0.15, -0.1) is 24.5 Å². The van der Waals surface area contributed by atoms with Crippen molar-refractivity contribution in [3.05, 3.63) is 70.3 Å². The van der Waals surface area contributed by atoms with E-state index in [9.17, 15) is 31.1 Å². The first-order valence-electron chi connectivity index (χ1n) is 14.0. The average molecular weight is 654 g/mol. The van der Waals surface area contributed by atoms with Gasteiger partial charge in [0.15, 0.2) is 5.13 Å². The first-order valence-corrected chi connectivity index (χ1v) is 14.9. The summed E-state index contributed by atoms with van der Waals surface area (Å²) in [4.78, 5) is 17.6. The minimum atomic E-state index is -4.88. The van der Waals surface area contributed by atoms with Crippen molar-refractivity contribution in [1.82, 2.24) is 10.1 Å². The molecule has 15 heteroatoms. The van der Waals surface area contributed by atoms with Gasteiger partial charge in [0.05, 0.1) is 29.5 Å². The summed E-state index contributed by atoms with van der Waals surface area (Å²) in [6, 6.07) is 8.57. The Morgan fingerprint density at radius 2 is 1.76 bits per heavy atom. The van der Waals surface area contributed by atoms with Crippen LogP contribution in [0.2, 0.25) is 0 Å². The van der Waals surface area contributed by atoms with Crippen molar-refractivity contribution >= 4 is 22.4 Å². The van der Waals surface area contributed by atoms with Crippen LogP contribution < -0.4 is 9.64 Å². The molecule has 2 fully saturated rings. The summed E-state index contributed by atoms with van der Waals surface area (Å²) in [6.07, 6.45) is -6.94. The van der Waals surface area contributed by atoms with Crippen molar-refractivity contribution in [2.75, 3.05) is 18.0 Å². The number of carboxylic acid groups (broad SMARTS) is 1. The molecule has 1 saturated carbocycles. The molecule has 45 heavy (non-hydrogen) atoms. The number of rotatable bonds is 9. The van der Waals surface area contributed by atoms with E-state index in [1.807, 2.05) is 4.90 Å². The molecule has 1 aliphatic carbocycles. The highest BCUT2D eigenvalue weighted by Gasteiger charge is 2.37. The standard InChI is InChI=1S/C30H25F6N3O5S/c31-29(32,33)22-13-17(27(40)41)7-8-19(22)23-15-45-28(37-23)39-11-9-18(10-12-39)42-14-21-25(38-44-26(21)16-5-6-16)20-3-1-2-4-24(20)43-30(34,35)36/h1-4,7-8,13,15-16,18H,5-6,9-12,14H2,(H,40,41). The molecule has 4 aromatic rings. The normalized spacial score (nSPS) is 16.3. The molecule has 2 aromatic carbocycles. The highest BCUT2D eigenvalue weighted by molar-refractivity contribution is 7.14. The first-order chi connectivity index (χ1) is 21.4. The maximum absolute atomic E-state index is 13.7. The third-order valence-electron chi connectivity index (χ3n) is 7.65. The molecule has 6 rings (SSSR count). The molecular formula is C30H25F6N3O5S. The number of benzene rings is 2. The second kappa shape index (κ2) is 12.0. The number of carboxylic acids is 1. The summed E-state index contributed by atoms with van der Waals surface area (Å²) in [7, 11) is 0. The van der Waals surface area contributed by atoms with Crippen molar-refractivity contribution in [3.63, 3.8) is 0 Å². The van der Waals surface area contributed by atoms with E-state index < -0.39 is 35.4 Å². The van der Waals surface area contributed by atoms with Crippen LogP contribution in [0.5, 0.6) is 5.75 Å². The third kappa shape index (κ3) is 6.93. The quantitative estimate of drug-likeness (QED) is 0.181.